The predicted molar refractivity (Wildman–Crippen MR) is 80.5 cm³/mol. The third kappa shape index (κ3) is 3.24. The molecule has 104 valence electrons. The summed E-state index contributed by atoms with van der Waals surface area (Å²) in [5.41, 5.74) is 6.28. The number of benzene rings is 2. The Morgan fingerprint density at radius 2 is 1.67 bits per heavy atom. The van der Waals surface area contributed by atoms with Crippen LogP contribution in [0, 0.1) is 0 Å². The quantitative estimate of drug-likeness (QED) is 0.763. The van der Waals surface area contributed by atoms with Crippen LogP contribution in [0.15, 0.2) is 60.9 Å². The second kappa shape index (κ2) is 5.87. The summed E-state index contributed by atoms with van der Waals surface area (Å²) in [6, 6.07) is 17.1. The fourth-order valence-electron chi connectivity index (χ4n) is 1.76. The lowest BCUT2D eigenvalue weighted by Crippen LogP contribution is -2.02. The lowest BCUT2D eigenvalue weighted by molar-refractivity contribution is 0.485. The Hall–Kier alpha value is -3.15. The number of nitrogens with two attached hydrogens (primary N) is 1. The molecule has 0 aliphatic rings. The van der Waals surface area contributed by atoms with E-state index < -0.39 is 0 Å². The summed E-state index contributed by atoms with van der Waals surface area (Å²) in [4.78, 5) is 11.8. The predicted octanol–water partition coefficient (Wildman–Crippen LogP) is 2.99. The van der Waals surface area contributed by atoms with Crippen molar-refractivity contribution in [3.63, 3.8) is 0 Å². The lowest BCUT2D eigenvalue weighted by Gasteiger charge is -2.11. The van der Waals surface area contributed by atoms with Gasteiger partial charge in [-0.15, -0.1) is 0 Å². The van der Waals surface area contributed by atoms with E-state index in [-0.39, 0.29) is 5.95 Å². The first-order chi connectivity index (χ1) is 10.3. The number of anilines is 3. The van der Waals surface area contributed by atoms with Crippen LogP contribution in [0.5, 0.6) is 11.5 Å². The molecule has 0 saturated carbocycles. The molecule has 3 N–H and O–H groups in total. The largest absolute Gasteiger partial charge is 0.455 e. The Labute approximate surface area is 121 Å². The van der Waals surface area contributed by atoms with Crippen molar-refractivity contribution in [1.29, 1.82) is 0 Å². The van der Waals surface area contributed by atoms with Crippen molar-refractivity contribution in [1.82, 2.24) is 15.0 Å². The van der Waals surface area contributed by atoms with Gasteiger partial charge in [0.25, 0.3) is 0 Å². The van der Waals surface area contributed by atoms with Gasteiger partial charge in [-0.3, -0.25) is 0 Å². The molecule has 0 saturated heterocycles. The molecule has 0 spiro atoms. The molecule has 0 amide bonds. The molecular weight excluding hydrogens is 266 g/mol. The third-order valence-corrected chi connectivity index (χ3v) is 2.70. The van der Waals surface area contributed by atoms with Gasteiger partial charge in [0.2, 0.25) is 11.9 Å². The van der Waals surface area contributed by atoms with Gasteiger partial charge in [0, 0.05) is 0 Å². The highest BCUT2D eigenvalue weighted by Crippen LogP contribution is 2.30. The van der Waals surface area contributed by atoms with Crippen LogP contribution in [-0.2, 0) is 0 Å². The number of nitrogen functional groups attached to an aromatic ring is 1. The number of hydrogen-bond acceptors (Lipinski definition) is 6. The lowest BCUT2D eigenvalue weighted by atomic mass is 10.3. The van der Waals surface area contributed by atoms with Gasteiger partial charge in [0.05, 0.1) is 5.69 Å². The molecule has 0 radical (unpaired) electrons. The fourth-order valence-corrected chi connectivity index (χ4v) is 1.76. The molecule has 0 bridgehead atoms. The molecule has 1 heterocycles. The zero-order valence-corrected chi connectivity index (χ0v) is 11.1. The Bertz CT molecular complexity index is 733. The van der Waals surface area contributed by atoms with E-state index in [0.29, 0.717) is 11.7 Å². The highest BCUT2D eigenvalue weighted by Gasteiger charge is 2.06. The van der Waals surface area contributed by atoms with Gasteiger partial charge < -0.3 is 15.8 Å². The number of nitrogens with one attached hydrogen (secondary N) is 1. The van der Waals surface area contributed by atoms with Crippen LogP contribution in [0.4, 0.5) is 17.6 Å². The highest BCUT2D eigenvalue weighted by atomic mass is 16.5. The van der Waals surface area contributed by atoms with Crippen LogP contribution in [0.2, 0.25) is 0 Å². The van der Waals surface area contributed by atoms with Gasteiger partial charge in [0.15, 0.2) is 5.75 Å². The summed E-state index contributed by atoms with van der Waals surface area (Å²) in [5, 5.41) is 3.07. The van der Waals surface area contributed by atoms with Crippen molar-refractivity contribution in [2.75, 3.05) is 11.1 Å². The summed E-state index contributed by atoms with van der Waals surface area (Å²) in [5.74, 6) is 1.95. The van der Waals surface area contributed by atoms with Gasteiger partial charge in [-0.05, 0) is 24.3 Å². The first-order valence-electron chi connectivity index (χ1n) is 6.35. The summed E-state index contributed by atoms with van der Waals surface area (Å²) in [6.07, 6.45) is 1.35. The molecular formula is C15H13N5O. The van der Waals surface area contributed by atoms with Crippen molar-refractivity contribution in [2.24, 2.45) is 0 Å². The van der Waals surface area contributed by atoms with Crippen molar-refractivity contribution in [2.45, 2.75) is 0 Å². The van der Waals surface area contributed by atoms with E-state index in [4.69, 9.17) is 10.5 Å². The number of hydrogen-bond donors (Lipinski definition) is 2. The molecule has 0 aliphatic carbocycles. The van der Waals surface area contributed by atoms with E-state index >= 15 is 0 Å². The SMILES string of the molecule is Nc1ncnc(Nc2ccccc2Oc2ccccc2)n1. The van der Waals surface area contributed by atoms with Crippen LogP contribution in [0.3, 0.4) is 0 Å². The summed E-state index contributed by atoms with van der Waals surface area (Å²) >= 11 is 0. The molecule has 1 aromatic heterocycles. The fraction of sp³-hybridized carbons (Fsp3) is 0. The summed E-state index contributed by atoms with van der Waals surface area (Å²) < 4.78 is 5.85. The summed E-state index contributed by atoms with van der Waals surface area (Å²) in [7, 11) is 0. The number of aromatic nitrogens is 3. The number of ether oxygens (including phenoxy) is 1. The zero-order chi connectivity index (χ0) is 14.5. The first-order valence-corrected chi connectivity index (χ1v) is 6.35. The maximum Gasteiger partial charge on any atom is 0.232 e. The molecule has 0 fully saturated rings. The Balaban J connectivity index is 1.86. The smallest absolute Gasteiger partial charge is 0.232 e. The van der Waals surface area contributed by atoms with E-state index in [9.17, 15) is 0 Å². The molecule has 6 heteroatoms. The second-order valence-corrected chi connectivity index (χ2v) is 4.20. The van der Waals surface area contributed by atoms with Crippen LogP contribution >= 0.6 is 0 Å². The van der Waals surface area contributed by atoms with Crippen LogP contribution in [0.1, 0.15) is 0 Å². The normalized spacial score (nSPS) is 10.1. The van der Waals surface area contributed by atoms with Crippen LogP contribution < -0.4 is 15.8 Å². The van der Waals surface area contributed by atoms with Crippen LogP contribution in [-0.4, -0.2) is 15.0 Å². The van der Waals surface area contributed by atoms with Gasteiger partial charge in [0.1, 0.15) is 12.1 Å². The maximum absolute atomic E-state index is 5.85. The average Bonchev–Trinajstić information content (AvgIpc) is 2.50. The van der Waals surface area contributed by atoms with Crippen molar-refractivity contribution in [3.05, 3.63) is 60.9 Å². The Kier molecular flexibility index (Phi) is 3.60. The van der Waals surface area contributed by atoms with E-state index in [1.54, 1.807) is 0 Å². The average molecular weight is 279 g/mol. The minimum atomic E-state index is 0.161. The standard InChI is InChI=1S/C15H13N5O/c16-14-17-10-18-15(20-14)19-12-8-4-5-9-13(12)21-11-6-2-1-3-7-11/h1-10H,(H3,16,17,18,19,20). The van der Waals surface area contributed by atoms with Gasteiger partial charge >= 0.3 is 0 Å². The molecule has 6 nitrogen and oxygen atoms in total. The minimum Gasteiger partial charge on any atom is -0.455 e. The van der Waals surface area contributed by atoms with E-state index in [1.165, 1.54) is 6.33 Å². The zero-order valence-electron chi connectivity index (χ0n) is 11.1. The number of rotatable bonds is 4. The Morgan fingerprint density at radius 3 is 2.48 bits per heavy atom. The molecule has 3 aromatic rings. The molecule has 0 atom stereocenters. The van der Waals surface area contributed by atoms with Crippen molar-refractivity contribution < 1.29 is 4.74 Å². The maximum atomic E-state index is 5.85. The third-order valence-electron chi connectivity index (χ3n) is 2.70. The van der Waals surface area contributed by atoms with Crippen molar-refractivity contribution in [3.8, 4) is 11.5 Å². The van der Waals surface area contributed by atoms with E-state index in [2.05, 4.69) is 20.3 Å². The van der Waals surface area contributed by atoms with Gasteiger partial charge in [-0.1, -0.05) is 30.3 Å². The number of nitrogens with zero attached hydrogens (tertiary/aromatic N) is 3. The molecule has 0 unspecified atom stereocenters. The molecule has 2 aromatic carbocycles. The Morgan fingerprint density at radius 1 is 0.905 bits per heavy atom. The van der Waals surface area contributed by atoms with Gasteiger partial charge in [-0.25, -0.2) is 9.97 Å². The molecule has 21 heavy (non-hydrogen) atoms. The summed E-state index contributed by atoms with van der Waals surface area (Å²) in [6.45, 7) is 0. The minimum absolute atomic E-state index is 0.161. The number of para-hydroxylation sites is 3. The van der Waals surface area contributed by atoms with Crippen LogP contribution in [0.25, 0.3) is 0 Å². The topological polar surface area (TPSA) is 86.0 Å². The molecule has 3 rings (SSSR count). The van der Waals surface area contributed by atoms with Crippen molar-refractivity contribution >= 4 is 17.6 Å². The van der Waals surface area contributed by atoms with Gasteiger partial charge in [-0.2, -0.15) is 4.98 Å². The van der Waals surface area contributed by atoms with E-state index in [1.807, 2.05) is 54.6 Å². The first kappa shape index (κ1) is 12.9. The highest BCUT2D eigenvalue weighted by molar-refractivity contribution is 5.63. The molecule has 0 aliphatic heterocycles. The van der Waals surface area contributed by atoms with E-state index in [0.717, 1.165) is 11.4 Å². The monoisotopic (exact) mass is 279 g/mol. The second-order valence-electron chi connectivity index (χ2n) is 4.20.